The highest BCUT2D eigenvalue weighted by Gasteiger charge is 2.27. The molecule has 0 atom stereocenters. The number of hydrogen-bond donors (Lipinski definition) is 0. The minimum absolute atomic E-state index is 0.0794. The Bertz CT molecular complexity index is 1300. The Hall–Kier alpha value is -2.34. The van der Waals surface area contributed by atoms with E-state index in [1.807, 2.05) is 29.2 Å². The first-order chi connectivity index (χ1) is 17.4. The number of benzene rings is 2. The number of amides is 1. The predicted molar refractivity (Wildman–Crippen MR) is 140 cm³/mol. The highest BCUT2D eigenvalue weighted by Crippen LogP contribution is 2.25. The molecule has 2 fully saturated rings. The molecule has 0 N–H and O–H groups in total. The van der Waals surface area contributed by atoms with E-state index < -0.39 is 10.0 Å². The van der Waals surface area contributed by atoms with Crippen molar-refractivity contribution in [3.8, 4) is 11.3 Å². The fraction of sp³-hybridized carbons (Fsp3) is 0.360. The molecule has 190 valence electrons. The molecule has 3 heterocycles. The number of ether oxygens (including phenoxy) is 1. The van der Waals surface area contributed by atoms with E-state index in [-0.39, 0.29) is 10.8 Å². The lowest BCUT2D eigenvalue weighted by Gasteiger charge is -2.34. The number of carbonyl (C=O) groups excluding carboxylic acids is 1. The summed E-state index contributed by atoms with van der Waals surface area (Å²) in [5.74, 6) is -0.0794. The largest absolute Gasteiger partial charge is 0.379 e. The van der Waals surface area contributed by atoms with Crippen molar-refractivity contribution in [2.75, 3.05) is 52.5 Å². The van der Waals surface area contributed by atoms with E-state index in [2.05, 4.69) is 10.3 Å². The summed E-state index contributed by atoms with van der Waals surface area (Å²) in [4.78, 5) is 22.1. The number of sulfonamides is 1. The van der Waals surface area contributed by atoms with Crippen LogP contribution in [-0.4, -0.2) is 85.9 Å². The summed E-state index contributed by atoms with van der Waals surface area (Å²) < 4.78 is 32.3. The van der Waals surface area contributed by atoms with E-state index in [1.165, 1.54) is 16.4 Å². The van der Waals surface area contributed by atoms with Crippen LogP contribution in [0.1, 0.15) is 15.4 Å². The molecule has 3 aromatic rings. The molecular formula is C25H27ClN4O4S2. The lowest BCUT2D eigenvalue weighted by atomic mass is 10.2. The van der Waals surface area contributed by atoms with Gasteiger partial charge in [-0.2, -0.15) is 4.31 Å². The summed E-state index contributed by atoms with van der Waals surface area (Å²) in [6.45, 7) is 4.96. The van der Waals surface area contributed by atoms with Crippen molar-refractivity contribution in [2.24, 2.45) is 0 Å². The maximum atomic E-state index is 13.0. The van der Waals surface area contributed by atoms with Gasteiger partial charge in [0.2, 0.25) is 10.0 Å². The van der Waals surface area contributed by atoms with Crippen molar-refractivity contribution in [3.63, 3.8) is 0 Å². The van der Waals surface area contributed by atoms with E-state index in [1.54, 1.807) is 23.5 Å². The zero-order chi connectivity index (χ0) is 25.1. The summed E-state index contributed by atoms with van der Waals surface area (Å²) in [7, 11) is -3.57. The van der Waals surface area contributed by atoms with Crippen molar-refractivity contribution in [1.29, 1.82) is 0 Å². The molecule has 1 aromatic heterocycles. The summed E-state index contributed by atoms with van der Waals surface area (Å²) in [6, 6.07) is 13.9. The van der Waals surface area contributed by atoms with Crippen LogP contribution in [-0.2, 0) is 21.3 Å². The Morgan fingerprint density at radius 1 is 0.944 bits per heavy atom. The summed E-state index contributed by atoms with van der Waals surface area (Å²) in [6.07, 6.45) is 0. The van der Waals surface area contributed by atoms with Gasteiger partial charge >= 0.3 is 0 Å². The Morgan fingerprint density at radius 2 is 1.61 bits per heavy atom. The van der Waals surface area contributed by atoms with Gasteiger partial charge in [-0.05, 0) is 36.4 Å². The lowest BCUT2D eigenvalue weighted by Crippen LogP contribution is -2.48. The summed E-state index contributed by atoms with van der Waals surface area (Å²) in [5, 5.41) is 3.80. The summed E-state index contributed by atoms with van der Waals surface area (Å²) >= 11 is 7.61. The number of carbonyl (C=O) groups is 1. The SMILES string of the molecule is O=C(c1ccc(S(=O)(=O)N2CCOCC2)cc1)N1CCN(Cc2nc(-c3ccc(Cl)cc3)cs2)CC1. The second kappa shape index (κ2) is 11.0. The van der Waals surface area contributed by atoms with Crippen LogP contribution in [0, 0.1) is 0 Å². The molecule has 0 unspecified atom stereocenters. The van der Waals surface area contributed by atoms with E-state index in [0.29, 0.717) is 50.0 Å². The van der Waals surface area contributed by atoms with Gasteiger partial charge in [0.1, 0.15) is 5.01 Å². The number of halogens is 1. The van der Waals surface area contributed by atoms with Gasteiger partial charge in [0.15, 0.2) is 0 Å². The van der Waals surface area contributed by atoms with Crippen LogP contribution in [0.15, 0.2) is 58.8 Å². The maximum absolute atomic E-state index is 13.0. The number of nitrogens with zero attached hydrogens (tertiary/aromatic N) is 4. The zero-order valence-electron chi connectivity index (χ0n) is 19.7. The monoisotopic (exact) mass is 546 g/mol. The molecule has 36 heavy (non-hydrogen) atoms. The fourth-order valence-electron chi connectivity index (χ4n) is 4.33. The van der Waals surface area contributed by atoms with Crippen LogP contribution in [0.2, 0.25) is 5.02 Å². The first kappa shape index (κ1) is 25.3. The van der Waals surface area contributed by atoms with Gasteiger partial charge in [-0.15, -0.1) is 11.3 Å². The van der Waals surface area contributed by atoms with Crippen molar-refractivity contribution in [3.05, 3.63) is 69.5 Å². The Morgan fingerprint density at radius 3 is 2.28 bits per heavy atom. The minimum atomic E-state index is -3.57. The Balaban J connectivity index is 1.15. The molecule has 2 aromatic carbocycles. The van der Waals surface area contributed by atoms with Crippen molar-refractivity contribution in [2.45, 2.75) is 11.4 Å². The third-order valence-corrected chi connectivity index (χ3v) is 9.42. The summed E-state index contributed by atoms with van der Waals surface area (Å²) in [5.41, 5.74) is 2.48. The van der Waals surface area contributed by atoms with Crippen LogP contribution in [0.5, 0.6) is 0 Å². The maximum Gasteiger partial charge on any atom is 0.253 e. The second-order valence-corrected chi connectivity index (χ2v) is 12.1. The average Bonchev–Trinajstić information content (AvgIpc) is 3.38. The van der Waals surface area contributed by atoms with Gasteiger partial charge in [0.05, 0.1) is 30.3 Å². The molecule has 8 nitrogen and oxygen atoms in total. The van der Waals surface area contributed by atoms with Gasteiger partial charge in [0, 0.05) is 60.8 Å². The number of thiazole rings is 1. The molecule has 5 rings (SSSR count). The first-order valence-electron chi connectivity index (χ1n) is 11.8. The van der Waals surface area contributed by atoms with Crippen molar-refractivity contribution < 1.29 is 17.9 Å². The quantitative estimate of drug-likeness (QED) is 0.471. The van der Waals surface area contributed by atoms with E-state index in [0.717, 1.165) is 35.9 Å². The van der Waals surface area contributed by atoms with Gasteiger partial charge in [-0.25, -0.2) is 13.4 Å². The van der Waals surface area contributed by atoms with Crippen LogP contribution in [0.25, 0.3) is 11.3 Å². The van der Waals surface area contributed by atoms with Crippen LogP contribution >= 0.6 is 22.9 Å². The standard InChI is InChI=1S/C25H27ClN4O4S2/c26-21-5-1-19(2-6-21)23-18-35-24(27-23)17-28-9-11-29(12-10-28)25(31)20-3-7-22(8-4-20)36(32,33)30-13-15-34-16-14-30/h1-8,18H,9-17H2. The molecule has 0 aliphatic carbocycles. The normalized spacial score (nSPS) is 17.9. The molecule has 0 bridgehead atoms. The second-order valence-electron chi connectivity index (χ2n) is 8.74. The Labute approximate surface area is 220 Å². The van der Waals surface area contributed by atoms with Gasteiger partial charge in [0.25, 0.3) is 5.91 Å². The van der Waals surface area contributed by atoms with Crippen molar-refractivity contribution >= 4 is 38.9 Å². The Kier molecular flexibility index (Phi) is 7.71. The number of morpholine rings is 1. The molecule has 2 aliphatic heterocycles. The molecular weight excluding hydrogens is 520 g/mol. The minimum Gasteiger partial charge on any atom is -0.379 e. The third-order valence-electron chi connectivity index (χ3n) is 6.42. The van der Waals surface area contributed by atoms with Crippen molar-refractivity contribution in [1.82, 2.24) is 19.1 Å². The van der Waals surface area contributed by atoms with Gasteiger partial charge in [-0.1, -0.05) is 23.7 Å². The zero-order valence-corrected chi connectivity index (χ0v) is 22.1. The lowest BCUT2D eigenvalue weighted by molar-refractivity contribution is 0.0628. The number of rotatable bonds is 6. The smallest absolute Gasteiger partial charge is 0.253 e. The molecule has 0 spiro atoms. The number of hydrogen-bond acceptors (Lipinski definition) is 7. The molecule has 0 radical (unpaired) electrons. The van der Waals surface area contributed by atoms with Crippen LogP contribution in [0.3, 0.4) is 0 Å². The predicted octanol–water partition coefficient (Wildman–Crippen LogP) is 3.44. The van der Waals surface area contributed by atoms with Crippen LogP contribution < -0.4 is 0 Å². The number of piperazine rings is 1. The third kappa shape index (κ3) is 5.64. The van der Waals surface area contributed by atoms with Gasteiger partial charge < -0.3 is 9.64 Å². The highest BCUT2D eigenvalue weighted by atomic mass is 35.5. The molecule has 1 amide bonds. The first-order valence-corrected chi connectivity index (χ1v) is 14.5. The topological polar surface area (TPSA) is 83.0 Å². The molecule has 2 saturated heterocycles. The van der Waals surface area contributed by atoms with E-state index in [4.69, 9.17) is 21.3 Å². The highest BCUT2D eigenvalue weighted by molar-refractivity contribution is 7.89. The number of aromatic nitrogens is 1. The van der Waals surface area contributed by atoms with Crippen LogP contribution in [0.4, 0.5) is 0 Å². The van der Waals surface area contributed by atoms with E-state index >= 15 is 0 Å². The molecule has 0 saturated carbocycles. The van der Waals surface area contributed by atoms with Gasteiger partial charge in [-0.3, -0.25) is 9.69 Å². The fourth-order valence-corrected chi connectivity index (χ4v) is 6.70. The van der Waals surface area contributed by atoms with E-state index in [9.17, 15) is 13.2 Å². The molecule has 11 heteroatoms. The molecule has 2 aliphatic rings. The average molecular weight is 547 g/mol.